The van der Waals surface area contributed by atoms with Crippen LogP contribution < -0.4 is 4.72 Å². The van der Waals surface area contributed by atoms with Gasteiger partial charge in [0, 0.05) is 16.9 Å². The van der Waals surface area contributed by atoms with Crippen LogP contribution >= 0.6 is 15.9 Å². The second-order valence-corrected chi connectivity index (χ2v) is 6.34. The van der Waals surface area contributed by atoms with Gasteiger partial charge in [-0.05, 0) is 35.3 Å². The normalized spacial score (nSPS) is 14.9. The van der Waals surface area contributed by atoms with E-state index in [1.807, 2.05) is 6.07 Å². The fourth-order valence-corrected chi connectivity index (χ4v) is 2.97. The number of nitrogens with one attached hydrogen (secondary N) is 1. The van der Waals surface area contributed by atoms with E-state index in [4.69, 9.17) is 5.26 Å². The molecule has 0 saturated heterocycles. The first kappa shape index (κ1) is 14.1. The highest BCUT2D eigenvalue weighted by molar-refractivity contribution is 9.10. The Balaban J connectivity index is 3.10. The van der Waals surface area contributed by atoms with Crippen LogP contribution in [0.4, 0.5) is 0 Å². The number of nitrogens with zero attached hydrogens (tertiary/aromatic N) is 2. The van der Waals surface area contributed by atoms with E-state index < -0.39 is 15.6 Å². The van der Waals surface area contributed by atoms with Gasteiger partial charge in [-0.15, -0.1) is 0 Å². The number of hydrogen-bond donors (Lipinski definition) is 1. The van der Waals surface area contributed by atoms with Crippen molar-refractivity contribution in [2.75, 3.05) is 0 Å². The van der Waals surface area contributed by atoms with Gasteiger partial charge in [0.25, 0.3) is 0 Å². The van der Waals surface area contributed by atoms with Crippen molar-refractivity contribution in [2.45, 2.75) is 30.7 Å². The summed E-state index contributed by atoms with van der Waals surface area (Å²) in [5.41, 5.74) is -1.11. The largest absolute Gasteiger partial charge is 0.262 e. The first-order chi connectivity index (χ1) is 7.83. The molecule has 0 aliphatic heterocycles. The van der Waals surface area contributed by atoms with Crippen LogP contribution in [0.5, 0.6) is 0 Å². The molecule has 0 saturated carbocycles. The monoisotopic (exact) mass is 317 g/mol. The third-order valence-electron chi connectivity index (χ3n) is 2.30. The van der Waals surface area contributed by atoms with Gasteiger partial charge in [0.05, 0.1) is 6.07 Å². The van der Waals surface area contributed by atoms with E-state index in [-0.39, 0.29) is 4.90 Å². The fourth-order valence-electron chi connectivity index (χ4n) is 1.07. The molecule has 1 aromatic rings. The summed E-state index contributed by atoms with van der Waals surface area (Å²) >= 11 is 3.15. The number of sulfonamides is 1. The third-order valence-corrected chi connectivity index (χ3v) is 4.30. The summed E-state index contributed by atoms with van der Waals surface area (Å²) in [7, 11) is -3.73. The first-order valence-electron chi connectivity index (χ1n) is 4.89. The van der Waals surface area contributed by atoms with Crippen LogP contribution in [0, 0.1) is 11.3 Å². The maximum absolute atomic E-state index is 12.0. The molecule has 0 amide bonds. The lowest BCUT2D eigenvalue weighted by Crippen LogP contribution is -2.44. The van der Waals surface area contributed by atoms with E-state index >= 15 is 0 Å². The van der Waals surface area contributed by atoms with Crippen LogP contribution in [0.3, 0.4) is 0 Å². The summed E-state index contributed by atoms with van der Waals surface area (Å²) < 4.78 is 26.9. The number of rotatable bonds is 4. The van der Waals surface area contributed by atoms with Crippen molar-refractivity contribution in [1.29, 1.82) is 5.26 Å². The predicted molar refractivity (Wildman–Crippen MR) is 66.6 cm³/mol. The van der Waals surface area contributed by atoms with Crippen molar-refractivity contribution in [3.63, 3.8) is 0 Å². The highest BCUT2D eigenvalue weighted by Crippen LogP contribution is 2.17. The smallest absolute Gasteiger partial charge is 0.243 e. The Hall–Kier alpha value is -0.970. The maximum atomic E-state index is 12.0. The number of hydrogen-bond acceptors (Lipinski definition) is 4. The van der Waals surface area contributed by atoms with Gasteiger partial charge >= 0.3 is 0 Å². The quantitative estimate of drug-likeness (QED) is 0.918. The van der Waals surface area contributed by atoms with Gasteiger partial charge in [0.2, 0.25) is 10.0 Å². The molecule has 0 aromatic carbocycles. The van der Waals surface area contributed by atoms with Gasteiger partial charge in [-0.3, -0.25) is 4.98 Å². The average Bonchev–Trinajstić information content (AvgIpc) is 2.28. The van der Waals surface area contributed by atoms with Gasteiger partial charge in [0.15, 0.2) is 0 Å². The van der Waals surface area contributed by atoms with Crippen molar-refractivity contribution in [3.05, 3.63) is 22.9 Å². The van der Waals surface area contributed by atoms with Crippen molar-refractivity contribution in [3.8, 4) is 6.07 Å². The number of halogens is 1. The minimum Gasteiger partial charge on any atom is -0.262 e. The lowest BCUT2D eigenvalue weighted by atomic mass is 10.0. The number of aromatic nitrogens is 1. The molecule has 92 valence electrons. The standard InChI is InChI=1S/C10H12BrN3O2S/c1-3-10(2,7-12)14-17(15,16)9-4-8(11)5-13-6-9/h4-6,14H,3H2,1-2H3. The molecule has 1 aromatic heterocycles. The second kappa shape index (κ2) is 5.12. The van der Waals surface area contributed by atoms with E-state index in [1.165, 1.54) is 25.4 Å². The molecular weight excluding hydrogens is 306 g/mol. The molecule has 0 fully saturated rings. The predicted octanol–water partition coefficient (Wildman–Crippen LogP) is 1.81. The van der Waals surface area contributed by atoms with E-state index in [9.17, 15) is 8.42 Å². The van der Waals surface area contributed by atoms with Crippen LogP contribution in [0.1, 0.15) is 20.3 Å². The van der Waals surface area contributed by atoms with Crippen molar-refractivity contribution >= 4 is 26.0 Å². The molecule has 5 nitrogen and oxygen atoms in total. The van der Waals surface area contributed by atoms with Crippen LogP contribution in [-0.4, -0.2) is 18.9 Å². The summed E-state index contributed by atoms with van der Waals surface area (Å²) in [4.78, 5) is 3.81. The lowest BCUT2D eigenvalue weighted by Gasteiger charge is -2.20. The van der Waals surface area contributed by atoms with Crippen molar-refractivity contribution in [2.24, 2.45) is 0 Å². The Labute approximate surface area is 109 Å². The van der Waals surface area contributed by atoms with Crippen LogP contribution in [0.2, 0.25) is 0 Å². The van der Waals surface area contributed by atoms with Crippen molar-refractivity contribution < 1.29 is 8.42 Å². The van der Waals surface area contributed by atoms with Gasteiger partial charge in [-0.25, -0.2) is 8.42 Å². The summed E-state index contributed by atoms with van der Waals surface area (Å²) in [6.07, 6.45) is 3.10. The van der Waals surface area contributed by atoms with E-state index in [1.54, 1.807) is 6.92 Å². The highest BCUT2D eigenvalue weighted by atomic mass is 79.9. The van der Waals surface area contributed by atoms with E-state index in [2.05, 4.69) is 25.6 Å². The zero-order chi connectivity index (χ0) is 13.1. The average molecular weight is 318 g/mol. The van der Waals surface area contributed by atoms with Gasteiger partial charge < -0.3 is 0 Å². The topological polar surface area (TPSA) is 82.9 Å². The SMILES string of the molecule is CCC(C)(C#N)NS(=O)(=O)c1cncc(Br)c1. The molecule has 1 atom stereocenters. The number of pyridine rings is 1. The Bertz CT molecular complexity index is 553. The summed E-state index contributed by atoms with van der Waals surface area (Å²) in [6, 6.07) is 3.38. The zero-order valence-electron chi connectivity index (χ0n) is 9.44. The van der Waals surface area contributed by atoms with Crippen LogP contribution in [0.25, 0.3) is 0 Å². The van der Waals surface area contributed by atoms with Gasteiger partial charge in [-0.1, -0.05) is 6.92 Å². The molecule has 1 rings (SSSR count). The summed E-state index contributed by atoms with van der Waals surface area (Å²) in [5.74, 6) is 0. The molecule has 0 aliphatic rings. The molecule has 17 heavy (non-hydrogen) atoms. The minimum atomic E-state index is -3.73. The van der Waals surface area contributed by atoms with Gasteiger partial charge in [0.1, 0.15) is 10.4 Å². The molecule has 1 heterocycles. The van der Waals surface area contributed by atoms with Crippen molar-refractivity contribution in [1.82, 2.24) is 9.71 Å². The number of nitriles is 1. The zero-order valence-corrected chi connectivity index (χ0v) is 11.8. The molecule has 0 bridgehead atoms. The lowest BCUT2D eigenvalue weighted by molar-refractivity contribution is 0.495. The Morgan fingerprint density at radius 2 is 2.24 bits per heavy atom. The van der Waals surface area contributed by atoms with Gasteiger partial charge in [-0.2, -0.15) is 9.98 Å². The Kier molecular flexibility index (Phi) is 4.25. The molecular formula is C10H12BrN3O2S. The van der Waals surface area contributed by atoms with Crippen LogP contribution in [-0.2, 0) is 10.0 Å². The molecule has 0 radical (unpaired) electrons. The molecule has 0 aliphatic carbocycles. The highest BCUT2D eigenvalue weighted by Gasteiger charge is 2.29. The Morgan fingerprint density at radius 3 is 2.71 bits per heavy atom. The molecule has 1 unspecified atom stereocenters. The van der Waals surface area contributed by atoms with Crippen LogP contribution in [0.15, 0.2) is 27.8 Å². The molecule has 1 N–H and O–H groups in total. The maximum Gasteiger partial charge on any atom is 0.243 e. The molecule has 7 heteroatoms. The first-order valence-corrected chi connectivity index (χ1v) is 7.16. The summed E-state index contributed by atoms with van der Waals surface area (Å²) in [5, 5.41) is 8.95. The third kappa shape index (κ3) is 3.49. The van der Waals surface area contributed by atoms with E-state index in [0.29, 0.717) is 10.9 Å². The minimum absolute atomic E-state index is 0.0294. The Morgan fingerprint density at radius 1 is 1.59 bits per heavy atom. The fraction of sp³-hybridized carbons (Fsp3) is 0.400. The summed E-state index contributed by atoms with van der Waals surface area (Å²) in [6.45, 7) is 3.28. The second-order valence-electron chi connectivity index (χ2n) is 3.74. The van der Waals surface area contributed by atoms with E-state index in [0.717, 1.165) is 0 Å². The molecule has 0 spiro atoms.